The quantitative estimate of drug-likeness (QED) is 0.672. The maximum atomic E-state index is 13.3. The molecule has 2 amide bonds. The third kappa shape index (κ3) is 5.56. The van der Waals surface area contributed by atoms with Crippen LogP contribution < -0.4 is 0 Å². The Morgan fingerprint density at radius 1 is 0.812 bits per heavy atom. The van der Waals surface area contributed by atoms with Gasteiger partial charge in [0.05, 0.1) is 6.54 Å². The fraction of sp³-hybridized carbons (Fsp3) is 0.462. The van der Waals surface area contributed by atoms with Crippen molar-refractivity contribution in [2.75, 3.05) is 52.9 Å². The number of carbonyl (C=O) groups excluding carboxylic acids is 2. The SMILES string of the molecule is CN(CC(=O)N1CCN(Cc2ccccc2)CC1)[C@@H](C(=O)N1CCCC1)c1ccccc1. The Balaban J connectivity index is 1.35. The summed E-state index contributed by atoms with van der Waals surface area (Å²) in [6, 6.07) is 19.9. The van der Waals surface area contributed by atoms with Crippen molar-refractivity contribution >= 4 is 11.8 Å². The minimum atomic E-state index is -0.419. The summed E-state index contributed by atoms with van der Waals surface area (Å²) in [4.78, 5) is 34.6. The molecule has 2 aliphatic heterocycles. The average Bonchev–Trinajstić information content (AvgIpc) is 3.36. The van der Waals surface area contributed by atoms with E-state index in [1.807, 2.05) is 58.1 Å². The molecule has 0 radical (unpaired) electrons. The van der Waals surface area contributed by atoms with Crippen LogP contribution in [0.4, 0.5) is 0 Å². The highest BCUT2D eigenvalue weighted by Crippen LogP contribution is 2.24. The lowest BCUT2D eigenvalue weighted by atomic mass is 10.0. The number of amides is 2. The second kappa shape index (κ2) is 10.7. The molecule has 0 aromatic heterocycles. The molecular formula is C26H34N4O2. The number of nitrogens with zero attached hydrogens (tertiary/aromatic N) is 4. The van der Waals surface area contributed by atoms with Crippen LogP contribution in [0.25, 0.3) is 0 Å². The average molecular weight is 435 g/mol. The predicted molar refractivity (Wildman–Crippen MR) is 126 cm³/mol. The van der Waals surface area contributed by atoms with Crippen LogP contribution in [0.15, 0.2) is 60.7 Å². The van der Waals surface area contributed by atoms with Gasteiger partial charge in [-0.1, -0.05) is 60.7 Å². The number of hydrogen-bond donors (Lipinski definition) is 0. The maximum absolute atomic E-state index is 13.3. The molecule has 0 spiro atoms. The van der Waals surface area contributed by atoms with E-state index in [-0.39, 0.29) is 18.4 Å². The van der Waals surface area contributed by atoms with Crippen LogP contribution in [-0.4, -0.2) is 84.3 Å². The number of likely N-dealkylation sites (tertiary alicyclic amines) is 1. The lowest BCUT2D eigenvalue weighted by Gasteiger charge is -2.36. The van der Waals surface area contributed by atoms with Crippen LogP contribution in [0.5, 0.6) is 0 Å². The Hall–Kier alpha value is -2.70. The number of rotatable bonds is 7. The molecule has 2 aromatic carbocycles. The second-order valence-electron chi connectivity index (χ2n) is 8.90. The minimum Gasteiger partial charge on any atom is -0.341 e. The standard InChI is InChI=1S/C26H34N4O2/c1-27(25(23-12-6-3-7-13-23)26(32)30-14-8-9-15-30)21-24(31)29-18-16-28(17-19-29)20-22-10-4-2-5-11-22/h2-7,10-13,25H,8-9,14-21H2,1H3/t25-/m1/s1. The number of piperazine rings is 1. The van der Waals surface area contributed by atoms with Gasteiger partial charge in [0.2, 0.25) is 11.8 Å². The Morgan fingerprint density at radius 2 is 1.41 bits per heavy atom. The summed E-state index contributed by atoms with van der Waals surface area (Å²) in [5.41, 5.74) is 2.26. The van der Waals surface area contributed by atoms with Crippen molar-refractivity contribution in [1.29, 1.82) is 0 Å². The summed E-state index contributed by atoms with van der Waals surface area (Å²) >= 11 is 0. The van der Waals surface area contributed by atoms with Gasteiger partial charge in [-0.2, -0.15) is 0 Å². The summed E-state index contributed by atoms with van der Waals surface area (Å²) in [7, 11) is 1.90. The molecule has 2 heterocycles. The zero-order valence-corrected chi connectivity index (χ0v) is 19.0. The Bertz CT molecular complexity index is 875. The molecule has 0 bridgehead atoms. The van der Waals surface area contributed by atoms with Crippen molar-refractivity contribution in [3.63, 3.8) is 0 Å². The predicted octanol–water partition coefficient (Wildman–Crippen LogP) is 2.63. The first-order chi connectivity index (χ1) is 15.6. The molecule has 4 rings (SSSR count). The Kier molecular flexibility index (Phi) is 7.55. The van der Waals surface area contributed by atoms with Gasteiger partial charge in [0.25, 0.3) is 0 Å². The van der Waals surface area contributed by atoms with E-state index in [0.29, 0.717) is 0 Å². The van der Waals surface area contributed by atoms with Crippen LogP contribution in [0.1, 0.15) is 30.0 Å². The van der Waals surface area contributed by atoms with Crippen molar-refractivity contribution in [2.24, 2.45) is 0 Å². The molecule has 0 unspecified atom stereocenters. The van der Waals surface area contributed by atoms with Gasteiger partial charge in [0, 0.05) is 45.8 Å². The Morgan fingerprint density at radius 3 is 2.03 bits per heavy atom. The topological polar surface area (TPSA) is 47.1 Å². The van der Waals surface area contributed by atoms with E-state index in [2.05, 4.69) is 29.2 Å². The fourth-order valence-corrected chi connectivity index (χ4v) is 4.73. The molecule has 1 atom stereocenters. The summed E-state index contributed by atoms with van der Waals surface area (Å²) in [5.74, 6) is 0.207. The van der Waals surface area contributed by atoms with Crippen LogP contribution in [0.2, 0.25) is 0 Å². The monoisotopic (exact) mass is 434 g/mol. The first-order valence-corrected chi connectivity index (χ1v) is 11.7. The van der Waals surface area contributed by atoms with E-state index >= 15 is 0 Å². The van der Waals surface area contributed by atoms with Crippen molar-refractivity contribution in [3.8, 4) is 0 Å². The summed E-state index contributed by atoms with van der Waals surface area (Å²) < 4.78 is 0. The normalized spacial score (nSPS) is 18.2. The van der Waals surface area contributed by atoms with E-state index in [1.54, 1.807) is 0 Å². The molecule has 2 saturated heterocycles. The van der Waals surface area contributed by atoms with Gasteiger partial charge >= 0.3 is 0 Å². The summed E-state index contributed by atoms with van der Waals surface area (Å²) in [5, 5.41) is 0. The van der Waals surface area contributed by atoms with Crippen molar-refractivity contribution in [3.05, 3.63) is 71.8 Å². The number of likely N-dealkylation sites (N-methyl/N-ethyl adjacent to an activating group) is 1. The third-order valence-corrected chi connectivity index (χ3v) is 6.57. The molecule has 0 saturated carbocycles. The van der Waals surface area contributed by atoms with Gasteiger partial charge in [-0.15, -0.1) is 0 Å². The highest BCUT2D eigenvalue weighted by molar-refractivity contribution is 5.85. The first-order valence-electron chi connectivity index (χ1n) is 11.7. The van der Waals surface area contributed by atoms with Crippen LogP contribution in [0.3, 0.4) is 0 Å². The summed E-state index contributed by atoms with van der Waals surface area (Å²) in [6.07, 6.45) is 2.12. The van der Waals surface area contributed by atoms with Crippen molar-refractivity contribution < 1.29 is 9.59 Å². The van der Waals surface area contributed by atoms with Gasteiger partial charge < -0.3 is 9.80 Å². The van der Waals surface area contributed by atoms with E-state index < -0.39 is 6.04 Å². The summed E-state index contributed by atoms with van der Waals surface area (Å²) in [6.45, 7) is 6.01. The van der Waals surface area contributed by atoms with E-state index in [9.17, 15) is 9.59 Å². The lowest BCUT2D eigenvalue weighted by molar-refractivity contribution is -0.139. The molecule has 2 fully saturated rings. The minimum absolute atomic E-state index is 0.0991. The molecule has 170 valence electrons. The van der Waals surface area contributed by atoms with Crippen molar-refractivity contribution in [1.82, 2.24) is 19.6 Å². The van der Waals surface area contributed by atoms with E-state index in [4.69, 9.17) is 0 Å². The number of hydrogen-bond acceptors (Lipinski definition) is 4. The van der Waals surface area contributed by atoms with Gasteiger partial charge in [0.15, 0.2) is 0 Å². The molecule has 6 nitrogen and oxygen atoms in total. The van der Waals surface area contributed by atoms with Gasteiger partial charge in [-0.05, 0) is 31.0 Å². The molecule has 2 aliphatic rings. The molecular weight excluding hydrogens is 400 g/mol. The fourth-order valence-electron chi connectivity index (χ4n) is 4.73. The van der Waals surface area contributed by atoms with Crippen LogP contribution >= 0.6 is 0 Å². The highest BCUT2D eigenvalue weighted by atomic mass is 16.2. The van der Waals surface area contributed by atoms with Crippen LogP contribution in [-0.2, 0) is 16.1 Å². The molecule has 32 heavy (non-hydrogen) atoms. The molecule has 0 N–H and O–H groups in total. The molecule has 2 aromatic rings. The number of carbonyl (C=O) groups is 2. The zero-order valence-electron chi connectivity index (χ0n) is 19.0. The van der Waals surface area contributed by atoms with E-state index in [0.717, 1.165) is 64.2 Å². The van der Waals surface area contributed by atoms with Crippen LogP contribution in [0, 0.1) is 0 Å². The Labute approximate surface area is 191 Å². The highest BCUT2D eigenvalue weighted by Gasteiger charge is 2.32. The van der Waals surface area contributed by atoms with Gasteiger partial charge in [-0.25, -0.2) is 0 Å². The lowest BCUT2D eigenvalue weighted by Crippen LogP contribution is -2.51. The molecule has 0 aliphatic carbocycles. The molecule has 6 heteroatoms. The van der Waals surface area contributed by atoms with E-state index in [1.165, 1.54) is 5.56 Å². The first kappa shape index (κ1) is 22.5. The number of benzene rings is 2. The second-order valence-corrected chi connectivity index (χ2v) is 8.90. The maximum Gasteiger partial charge on any atom is 0.244 e. The van der Waals surface area contributed by atoms with Crippen molar-refractivity contribution in [2.45, 2.75) is 25.4 Å². The smallest absolute Gasteiger partial charge is 0.244 e. The zero-order chi connectivity index (χ0) is 22.3. The van der Waals surface area contributed by atoms with Gasteiger partial charge in [-0.3, -0.25) is 19.4 Å². The third-order valence-electron chi connectivity index (χ3n) is 6.57. The largest absolute Gasteiger partial charge is 0.341 e. The van der Waals surface area contributed by atoms with Gasteiger partial charge in [0.1, 0.15) is 6.04 Å².